The first-order valence-electron chi connectivity index (χ1n) is 9.36. The summed E-state index contributed by atoms with van der Waals surface area (Å²) in [6, 6.07) is 7.61. The Morgan fingerprint density at radius 1 is 1.17 bits per heavy atom. The van der Waals surface area contributed by atoms with Crippen LogP contribution in [0.25, 0.3) is 0 Å². The zero-order valence-electron chi connectivity index (χ0n) is 15.4. The second kappa shape index (κ2) is 11.3. The maximum absolute atomic E-state index is 10.1. The summed E-state index contributed by atoms with van der Waals surface area (Å²) in [5, 5.41) is 23.1. The summed E-state index contributed by atoms with van der Waals surface area (Å²) in [4.78, 5) is 0. The largest absolute Gasteiger partial charge is 0.508 e. The van der Waals surface area contributed by atoms with E-state index in [1.54, 1.807) is 6.07 Å². The van der Waals surface area contributed by atoms with E-state index in [1.165, 1.54) is 19.3 Å². The molecule has 0 radical (unpaired) electrons. The third kappa shape index (κ3) is 6.66. The van der Waals surface area contributed by atoms with Crippen LogP contribution in [0, 0.1) is 0 Å². The molecule has 0 heterocycles. The van der Waals surface area contributed by atoms with Crippen LogP contribution in [0.5, 0.6) is 5.75 Å². The van der Waals surface area contributed by atoms with Gasteiger partial charge in [0.25, 0.3) is 0 Å². The fourth-order valence-electron chi connectivity index (χ4n) is 3.49. The van der Waals surface area contributed by atoms with Gasteiger partial charge in [-0.15, -0.1) is 6.58 Å². The van der Waals surface area contributed by atoms with E-state index in [2.05, 4.69) is 25.7 Å². The second-order valence-electron chi connectivity index (χ2n) is 6.84. The minimum atomic E-state index is -0.0201. The Balaban J connectivity index is 2.90. The van der Waals surface area contributed by atoms with Gasteiger partial charge in [0, 0.05) is 23.8 Å². The number of rotatable bonds is 13. The lowest BCUT2D eigenvalue weighted by molar-refractivity contribution is 0.224. The van der Waals surface area contributed by atoms with Gasteiger partial charge in [-0.2, -0.15) is 0 Å². The molecular weight excluding hydrogens is 298 g/mol. The van der Waals surface area contributed by atoms with Crippen molar-refractivity contribution in [3.8, 4) is 5.75 Å². The van der Waals surface area contributed by atoms with Crippen LogP contribution >= 0.6 is 0 Å². The highest BCUT2D eigenvalue weighted by Crippen LogP contribution is 2.32. The van der Waals surface area contributed by atoms with Gasteiger partial charge >= 0.3 is 0 Å². The van der Waals surface area contributed by atoms with Crippen LogP contribution < -0.4 is 5.32 Å². The quantitative estimate of drug-likeness (QED) is 0.348. The molecule has 0 amide bonds. The first-order valence-corrected chi connectivity index (χ1v) is 9.36. The summed E-state index contributed by atoms with van der Waals surface area (Å²) in [6.45, 7) is 8.54. The predicted molar refractivity (Wildman–Crippen MR) is 102 cm³/mol. The fourth-order valence-corrected chi connectivity index (χ4v) is 3.49. The monoisotopic (exact) mass is 333 g/mol. The lowest BCUT2D eigenvalue weighted by Gasteiger charge is -2.38. The SMILES string of the molecule is C=CC[C@@](CCCCC)(CCCCO)N[C@H](C)c1ccccc1O. The molecule has 0 aliphatic carbocycles. The summed E-state index contributed by atoms with van der Waals surface area (Å²) >= 11 is 0. The molecule has 0 bridgehead atoms. The van der Waals surface area contributed by atoms with Crippen molar-refractivity contribution < 1.29 is 10.2 Å². The highest BCUT2D eigenvalue weighted by Gasteiger charge is 2.30. The van der Waals surface area contributed by atoms with E-state index in [9.17, 15) is 5.11 Å². The van der Waals surface area contributed by atoms with Gasteiger partial charge in [-0.3, -0.25) is 0 Å². The maximum Gasteiger partial charge on any atom is 0.120 e. The van der Waals surface area contributed by atoms with Crippen LogP contribution in [-0.2, 0) is 0 Å². The van der Waals surface area contributed by atoms with Crippen LogP contribution in [0.2, 0.25) is 0 Å². The van der Waals surface area contributed by atoms with E-state index in [0.717, 1.165) is 37.7 Å². The zero-order valence-corrected chi connectivity index (χ0v) is 15.4. The van der Waals surface area contributed by atoms with Crippen LogP contribution in [0.4, 0.5) is 0 Å². The van der Waals surface area contributed by atoms with E-state index < -0.39 is 0 Å². The third-order valence-electron chi connectivity index (χ3n) is 4.78. The Bertz CT molecular complexity index is 463. The number of aliphatic hydroxyl groups excluding tert-OH is 1. The van der Waals surface area contributed by atoms with Gasteiger partial charge in [0.05, 0.1) is 0 Å². The number of unbranched alkanes of at least 4 members (excludes halogenated alkanes) is 3. The molecule has 0 fully saturated rings. The van der Waals surface area contributed by atoms with E-state index in [-0.39, 0.29) is 18.2 Å². The summed E-state index contributed by atoms with van der Waals surface area (Å²) in [5.74, 6) is 0.342. The highest BCUT2D eigenvalue weighted by atomic mass is 16.3. The summed E-state index contributed by atoms with van der Waals surface area (Å²) in [7, 11) is 0. The van der Waals surface area contributed by atoms with E-state index in [0.29, 0.717) is 5.75 Å². The van der Waals surface area contributed by atoms with Gasteiger partial charge in [0.1, 0.15) is 5.75 Å². The number of nitrogens with one attached hydrogen (secondary N) is 1. The average Bonchev–Trinajstić information content (AvgIpc) is 2.56. The Morgan fingerprint density at radius 2 is 1.83 bits per heavy atom. The number of phenolic OH excluding ortho intramolecular Hbond substituents is 1. The number of hydrogen-bond acceptors (Lipinski definition) is 3. The molecule has 136 valence electrons. The Kier molecular flexibility index (Phi) is 9.73. The van der Waals surface area contributed by atoms with Crippen molar-refractivity contribution in [2.75, 3.05) is 6.61 Å². The van der Waals surface area contributed by atoms with E-state index in [1.807, 2.05) is 24.3 Å². The Labute approximate surface area is 147 Å². The molecule has 3 nitrogen and oxygen atoms in total. The molecule has 3 N–H and O–H groups in total. The molecule has 0 aromatic heterocycles. The fraction of sp³-hybridized carbons (Fsp3) is 0.619. The molecule has 2 atom stereocenters. The minimum Gasteiger partial charge on any atom is -0.508 e. The van der Waals surface area contributed by atoms with Gasteiger partial charge in [0.15, 0.2) is 0 Å². The van der Waals surface area contributed by atoms with Crippen molar-refractivity contribution >= 4 is 0 Å². The highest BCUT2D eigenvalue weighted by molar-refractivity contribution is 5.34. The van der Waals surface area contributed by atoms with Crippen molar-refractivity contribution in [1.29, 1.82) is 0 Å². The van der Waals surface area contributed by atoms with Crippen LogP contribution in [0.15, 0.2) is 36.9 Å². The molecule has 0 aliphatic heterocycles. The van der Waals surface area contributed by atoms with Crippen LogP contribution in [0.3, 0.4) is 0 Å². The van der Waals surface area contributed by atoms with Gasteiger partial charge in [-0.25, -0.2) is 0 Å². The molecule has 0 spiro atoms. The van der Waals surface area contributed by atoms with Gasteiger partial charge in [0.2, 0.25) is 0 Å². The lowest BCUT2D eigenvalue weighted by atomic mass is 9.82. The van der Waals surface area contributed by atoms with Crippen LogP contribution in [0.1, 0.15) is 76.8 Å². The smallest absolute Gasteiger partial charge is 0.120 e. The first kappa shape index (κ1) is 20.7. The molecule has 0 unspecified atom stereocenters. The first-order chi connectivity index (χ1) is 11.6. The standard InChI is InChI=1S/C21H35NO2/c1-4-6-9-15-21(14-5-2,16-10-11-17-23)22-18(3)19-12-7-8-13-20(19)24/h5,7-8,12-13,18,22-24H,2,4,6,9-11,14-17H2,1,3H3/t18-,21-/m1/s1. The minimum absolute atomic E-state index is 0.0201. The van der Waals surface area contributed by atoms with Crippen molar-refractivity contribution in [2.45, 2.75) is 76.8 Å². The van der Waals surface area contributed by atoms with E-state index in [4.69, 9.17) is 5.11 Å². The molecule has 3 heteroatoms. The lowest BCUT2D eigenvalue weighted by Crippen LogP contribution is -2.46. The molecule has 1 aromatic carbocycles. The Hall–Kier alpha value is -1.32. The summed E-state index contributed by atoms with van der Waals surface area (Å²) < 4.78 is 0. The normalized spacial score (nSPS) is 15.0. The average molecular weight is 334 g/mol. The number of benzene rings is 1. The van der Waals surface area contributed by atoms with Crippen molar-refractivity contribution in [3.63, 3.8) is 0 Å². The number of aliphatic hydroxyl groups is 1. The zero-order chi connectivity index (χ0) is 17.8. The van der Waals surface area contributed by atoms with Crippen molar-refractivity contribution in [2.24, 2.45) is 0 Å². The van der Waals surface area contributed by atoms with Crippen LogP contribution in [-0.4, -0.2) is 22.4 Å². The third-order valence-corrected chi connectivity index (χ3v) is 4.78. The molecule has 0 saturated heterocycles. The van der Waals surface area contributed by atoms with Gasteiger partial charge in [-0.1, -0.05) is 50.5 Å². The predicted octanol–water partition coefficient (Wildman–Crippen LogP) is 5.10. The van der Waals surface area contributed by atoms with Gasteiger partial charge < -0.3 is 15.5 Å². The Morgan fingerprint density at radius 3 is 2.42 bits per heavy atom. The number of aromatic hydroxyl groups is 1. The summed E-state index contributed by atoms with van der Waals surface area (Å²) in [5.41, 5.74) is 0.914. The summed E-state index contributed by atoms with van der Waals surface area (Å²) in [6.07, 6.45) is 10.5. The molecule has 24 heavy (non-hydrogen) atoms. The van der Waals surface area contributed by atoms with Gasteiger partial charge in [-0.05, 0) is 45.1 Å². The topological polar surface area (TPSA) is 52.5 Å². The van der Waals surface area contributed by atoms with E-state index >= 15 is 0 Å². The maximum atomic E-state index is 10.1. The number of para-hydroxylation sites is 1. The molecule has 1 rings (SSSR count). The molecule has 0 saturated carbocycles. The second-order valence-corrected chi connectivity index (χ2v) is 6.84. The van der Waals surface area contributed by atoms with Crippen molar-refractivity contribution in [3.05, 3.63) is 42.5 Å². The number of hydrogen-bond donors (Lipinski definition) is 3. The molecular formula is C21H35NO2. The molecule has 1 aromatic rings. The molecule has 0 aliphatic rings. The number of phenols is 1. The van der Waals surface area contributed by atoms with Crippen molar-refractivity contribution in [1.82, 2.24) is 5.32 Å².